The number of ether oxygens (including phenoxy) is 2. The number of aliphatic hydroxyl groups excluding tert-OH is 1. The first-order valence-electron chi connectivity index (χ1n) is 6.50. The Morgan fingerprint density at radius 3 is 2.50 bits per heavy atom. The average Bonchev–Trinajstić information content (AvgIpc) is 2.41. The number of rotatable bonds is 10. The molecule has 20 heavy (non-hydrogen) atoms. The Morgan fingerprint density at radius 2 is 2.00 bits per heavy atom. The molecule has 0 saturated heterocycles. The fourth-order valence-electron chi connectivity index (χ4n) is 1.59. The Morgan fingerprint density at radius 1 is 1.35 bits per heavy atom. The van der Waals surface area contributed by atoms with Gasteiger partial charge in [-0.1, -0.05) is 6.08 Å². The maximum atomic E-state index is 11.4. The molecule has 0 rings (SSSR count). The number of allylic oxidation sites excluding steroid dienone is 1. The lowest BCUT2D eigenvalue weighted by atomic mass is 9.96. The van der Waals surface area contributed by atoms with Crippen LogP contribution in [-0.2, 0) is 23.9 Å². The molecule has 0 amide bonds. The summed E-state index contributed by atoms with van der Waals surface area (Å²) in [5, 5.41) is 8.48. The monoisotopic (exact) mass is 286 g/mol. The Bertz CT molecular complexity index is 350. The zero-order valence-corrected chi connectivity index (χ0v) is 12.0. The summed E-state index contributed by atoms with van der Waals surface area (Å²) in [5.74, 6) is -1.57. The molecule has 0 fully saturated rings. The van der Waals surface area contributed by atoms with Crippen LogP contribution in [0.5, 0.6) is 0 Å². The van der Waals surface area contributed by atoms with Crippen molar-refractivity contribution in [3.63, 3.8) is 0 Å². The topological polar surface area (TPSA) is 89.9 Å². The van der Waals surface area contributed by atoms with Crippen molar-refractivity contribution in [3.8, 4) is 0 Å². The number of esters is 2. The molecule has 0 aromatic heterocycles. The van der Waals surface area contributed by atoms with Crippen LogP contribution in [-0.4, -0.2) is 42.1 Å². The smallest absolute Gasteiger partial charge is 0.347 e. The predicted octanol–water partition coefficient (Wildman–Crippen LogP) is 1.02. The number of ketones is 1. The van der Waals surface area contributed by atoms with Gasteiger partial charge in [0, 0.05) is 5.92 Å². The predicted molar refractivity (Wildman–Crippen MR) is 71.8 cm³/mol. The number of carbonyl (C=O) groups excluding carboxylic acids is 3. The van der Waals surface area contributed by atoms with Gasteiger partial charge in [-0.3, -0.25) is 4.79 Å². The molecule has 2 unspecified atom stereocenters. The van der Waals surface area contributed by atoms with Gasteiger partial charge in [0.25, 0.3) is 0 Å². The molecule has 0 aromatic rings. The van der Waals surface area contributed by atoms with E-state index in [4.69, 9.17) is 9.84 Å². The van der Waals surface area contributed by atoms with E-state index in [9.17, 15) is 14.4 Å². The van der Waals surface area contributed by atoms with E-state index < -0.39 is 24.6 Å². The highest BCUT2D eigenvalue weighted by Crippen LogP contribution is 2.13. The van der Waals surface area contributed by atoms with Crippen LogP contribution < -0.4 is 0 Å². The number of hydrogen-bond donors (Lipinski definition) is 1. The van der Waals surface area contributed by atoms with Gasteiger partial charge in [0.15, 0.2) is 6.10 Å². The first kappa shape index (κ1) is 18.3. The van der Waals surface area contributed by atoms with Gasteiger partial charge in [-0.05, 0) is 33.1 Å². The molecule has 2 atom stereocenters. The van der Waals surface area contributed by atoms with E-state index in [1.807, 2.05) is 0 Å². The highest BCUT2D eigenvalue weighted by atomic mass is 16.6. The number of aliphatic hydroxyl groups is 1. The zero-order valence-electron chi connectivity index (χ0n) is 12.0. The first-order valence-corrected chi connectivity index (χ1v) is 6.50. The summed E-state index contributed by atoms with van der Waals surface area (Å²) in [6, 6.07) is 0. The Labute approximate surface area is 118 Å². The molecule has 0 aliphatic heterocycles. The van der Waals surface area contributed by atoms with E-state index in [1.54, 1.807) is 6.08 Å². The van der Waals surface area contributed by atoms with Crippen LogP contribution in [0.1, 0.15) is 33.1 Å². The number of hydrogen-bond acceptors (Lipinski definition) is 6. The molecule has 0 aromatic carbocycles. The third-order valence-electron chi connectivity index (χ3n) is 2.74. The second-order valence-corrected chi connectivity index (χ2v) is 4.43. The van der Waals surface area contributed by atoms with Crippen molar-refractivity contribution in [2.24, 2.45) is 5.92 Å². The molecule has 1 N–H and O–H groups in total. The van der Waals surface area contributed by atoms with E-state index in [1.165, 1.54) is 13.8 Å². The van der Waals surface area contributed by atoms with Crippen molar-refractivity contribution >= 4 is 17.7 Å². The Kier molecular flexibility index (Phi) is 9.28. The summed E-state index contributed by atoms with van der Waals surface area (Å²) in [6.45, 7) is 5.86. The van der Waals surface area contributed by atoms with Gasteiger partial charge in [-0.2, -0.15) is 0 Å². The molecular weight excluding hydrogens is 264 g/mol. The van der Waals surface area contributed by atoms with Gasteiger partial charge in [0.1, 0.15) is 12.4 Å². The summed E-state index contributed by atoms with van der Waals surface area (Å²) >= 11 is 0. The summed E-state index contributed by atoms with van der Waals surface area (Å²) in [7, 11) is 0. The van der Waals surface area contributed by atoms with E-state index in [0.29, 0.717) is 19.3 Å². The Balaban J connectivity index is 3.93. The minimum absolute atomic E-state index is 0.0847. The van der Waals surface area contributed by atoms with Gasteiger partial charge in [0.05, 0.1) is 6.61 Å². The molecule has 0 aliphatic carbocycles. The van der Waals surface area contributed by atoms with Crippen molar-refractivity contribution in [1.82, 2.24) is 0 Å². The summed E-state index contributed by atoms with van der Waals surface area (Å²) in [6.07, 6.45) is 2.40. The molecule has 0 bridgehead atoms. The maximum Gasteiger partial charge on any atom is 0.347 e. The second-order valence-electron chi connectivity index (χ2n) is 4.43. The summed E-state index contributed by atoms with van der Waals surface area (Å²) in [4.78, 5) is 33.5. The highest BCUT2D eigenvalue weighted by molar-refractivity contribution is 5.79. The minimum atomic E-state index is -1.05. The molecule has 114 valence electrons. The van der Waals surface area contributed by atoms with Crippen LogP contribution in [0.3, 0.4) is 0 Å². The quantitative estimate of drug-likeness (QED) is 0.366. The lowest BCUT2D eigenvalue weighted by Crippen LogP contribution is -2.27. The third kappa shape index (κ3) is 7.68. The lowest BCUT2D eigenvalue weighted by molar-refractivity contribution is -0.168. The van der Waals surface area contributed by atoms with Gasteiger partial charge in [0.2, 0.25) is 0 Å². The van der Waals surface area contributed by atoms with Crippen molar-refractivity contribution < 1.29 is 29.0 Å². The van der Waals surface area contributed by atoms with Crippen molar-refractivity contribution in [3.05, 3.63) is 12.7 Å². The van der Waals surface area contributed by atoms with Gasteiger partial charge >= 0.3 is 11.9 Å². The molecule has 6 heteroatoms. The van der Waals surface area contributed by atoms with Gasteiger partial charge in [-0.15, -0.1) is 6.58 Å². The van der Waals surface area contributed by atoms with Crippen LogP contribution >= 0.6 is 0 Å². The minimum Gasteiger partial charge on any atom is -0.463 e. The van der Waals surface area contributed by atoms with Crippen molar-refractivity contribution in [2.75, 3.05) is 13.2 Å². The molecule has 0 saturated carbocycles. The average molecular weight is 286 g/mol. The summed E-state index contributed by atoms with van der Waals surface area (Å²) < 4.78 is 9.51. The SMILES string of the molecule is C=CCC(CCCOC(=O)C(C)OC(=O)CO)C(C)=O. The van der Waals surface area contributed by atoms with Crippen LogP contribution in [0.15, 0.2) is 12.7 Å². The largest absolute Gasteiger partial charge is 0.463 e. The van der Waals surface area contributed by atoms with Gasteiger partial charge < -0.3 is 14.6 Å². The standard InChI is InChI=1S/C14H22O6/c1-4-6-12(10(2)16)7-5-8-19-14(18)11(3)20-13(17)9-15/h4,11-12,15H,1,5-9H2,2-3H3. The zero-order chi connectivity index (χ0) is 15.5. The number of carbonyl (C=O) groups is 3. The molecule has 0 radical (unpaired) electrons. The van der Waals surface area contributed by atoms with E-state index >= 15 is 0 Å². The first-order chi connectivity index (χ1) is 9.42. The van der Waals surface area contributed by atoms with Crippen LogP contribution in [0, 0.1) is 5.92 Å². The Hall–Kier alpha value is -1.69. The van der Waals surface area contributed by atoms with Crippen molar-refractivity contribution in [2.45, 2.75) is 39.2 Å². The molecule has 0 heterocycles. The normalized spacial score (nSPS) is 13.2. The van der Waals surface area contributed by atoms with Crippen LogP contribution in [0.25, 0.3) is 0 Å². The van der Waals surface area contributed by atoms with Crippen LogP contribution in [0.2, 0.25) is 0 Å². The molecular formula is C14H22O6. The van der Waals surface area contributed by atoms with E-state index in [2.05, 4.69) is 11.3 Å². The molecule has 0 spiro atoms. The highest BCUT2D eigenvalue weighted by Gasteiger charge is 2.19. The van der Waals surface area contributed by atoms with E-state index in [-0.39, 0.29) is 18.3 Å². The molecule has 0 aliphatic rings. The van der Waals surface area contributed by atoms with E-state index in [0.717, 1.165) is 0 Å². The third-order valence-corrected chi connectivity index (χ3v) is 2.74. The lowest BCUT2D eigenvalue weighted by Gasteiger charge is -2.13. The van der Waals surface area contributed by atoms with Crippen LogP contribution in [0.4, 0.5) is 0 Å². The summed E-state index contributed by atoms with van der Waals surface area (Å²) in [5.41, 5.74) is 0. The maximum absolute atomic E-state index is 11.4. The van der Waals surface area contributed by atoms with Gasteiger partial charge in [-0.25, -0.2) is 9.59 Å². The fourth-order valence-corrected chi connectivity index (χ4v) is 1.59. The fraction of sp³-hybridized carbons (Fsp3) is 0.643. The second kappa shape index (κ2) is 10.1. The number of Topliss-reactive ketones (excluding diaryl/α,β-unsaturated/α-hetero) is 1. The molecule has 6 nitrogen and oxygen atoms in total. The van der Waals surface area contributed by atoms with Crippen molar-refractivity contribution in [1.29, 1.82) is 0 Å².